The Kier molecular flexibility index (Phi) is 4.83. The van der Waals surface area contributed by atoms with Gasteiger partial charge in [-0.15, -0.1) is 0 Å². The molecule has 0 fully saturated rings. The van der Waals surface area contributed by atoms with Crippen LogP contribution in [-0.4, -0.2) is 22.2 Å². The molecule has 1 aliphatic heterocycles. The Morgan fingerprint density at radius 3 is 2.56 bits per heavy atom. The Morgan fingerprint density at radius 2 is 1.70 bits per heavy atom. The fourth-order valence-corrected chi connectivity index (χ4v) is 3.49. The highest BCUT2D eigenvalue weighted by Gasteiger charge is 2.21. The zero-order chi connectivity index (χ0) is 18.6. The summed E-state index contributed by atoms with van der Waals surface area (Å²) in [6.45, 7) is 0.608. The van der Waals surface area contributed by atoms with E-state index in [0.717, 1.165) is 30.5 Å². The SMILES string of the molecule is O=C(Cn1nc(-c2ccccc2)ccc1=O)N1CCCCc2ccccc21. The van der Waals surface area contributed by atoms with E-state index in [1.807, 2.05) is 48.5 Å². The first-order valence-electron chi connectivity index (χ1n) is 9.24. The van der Waals surface area contributed by atoms with E-state index in [4.69, 9.17) is 0 Å². The average molecular weight is 359 g/mol. The summed E-state index contributed by atoms with van der Waals surface area (Å²) < 4.78 is 1.26. The standard InChI is InChI=1S/C22H21N3O2/c26-21-14-13-19(17-8-2-1-3-9-17)23-25(21)16-22(27)24-15-7-6-11-18-10-4-5-12-20(18)24/h1-5,8-10,12-14H,6-7,11,15-16H2. The van der Waals surface area contributed by atoms with E-state index in [1.165, 1.54) is 16.3 Å². The van der Waals surface area contributed by atoms with E-state index in [2.05, 4.69) is 11.2 Å². The minimum atomic E-state index is -0.272. The first-order valence-corrected chi connectivity index (χ1v) is 9.24. The molecule has 3 aromatic rings. The van der Waals surface area contributed by atoms with E-state index in [1.54, 1.807) is 11.0 Å². The lowest BCUT2D eigenvalue weighted by molar-refractivity contribution is -0.119. The van der Waals surface area contributed by atoms with Gasteiger partial charge in [0.15, 0.2) is 0 Å². The van der Waals surface area contributed by atoms with E-state index in [-0.39, 0.29) is 18.0 Å². The van der Waals surface area contributed by atoms with E-state index in [9.17, 15) is 9.59 Å². The van der Waals surface area contributed by atoms with E-state index >= 15 is 0 Å². The third kappa shape index (κ3) is 3.67. The van der Waals surface area contributed by atoms with Gasteiger partial charge in [0.25, 0.3) is 5.56 Å². The predicted molar refractivity (Wildman–Crippen MR) is 106 cm³/mol. The monoisotopic (exact) mass is 359 g/mol. The number of carbonyl (C=O) groups is 1. The quantitative estimate of drug-likeness (QED) is 0.721. The van der Waals surface area contributed by atoms with Gasteiger partial charge in [0.1, 0.15) is 6.54 Å². The van der Waals surface area contributed by atoms with Crippen LogP contribution in [0.25, 0.3) is 11.3 Å². The van der Waals surface area contributed by atoms with Gasteiger partial charge < -0.3 is 4.90 Å². The van der Waals surface area contributed by atoms with Crippen molar-refractivity contribution in [3.05, 3.63) is 82.6 Å². The van der Waals surface area contributed by atoms with Crippen LogP contribution < -0.4 is 10.5 Å². The fraction of sp³-hybridized carbons (Fsp3) is 0.227. The van der Waals surface area contributed by atoms with Gasteiger partial charge in [-0.2, -0.15) is 5.10 Å². The highest BCUT2D eigenvalue weighted by molar-refractivity contribution is 5.94. The Balaban J connectivity index is 1.63. The second-order valence-corrected chi connectivity index (χ2v) is 6.71. The van der Waals surface area contributed by atoms with Crippen molar-refractivity contribution < 1.29 is 4.79 Å². The molecule has 0 aliphatic carbocycles. The summed E-state index contributed by atoms with van der Waals surface area (Å²) in [5.41, 5.74) is 3.46. The smallest absolute Gasteiger partial charge is 0.267 e. The van der Waals surface area contributed by atoms with Crippen molar-refractivity contribution in [1.29, 1.82) is 0 Å². The number of para-hydroxylation sites is 1. The number of nitrogens with zero attached hydrogens (tertiary/aromatic N) is 3. The largest absolute Gasteiger partial charge is 0.311 e. The molecule has 0 atom stereocenters. The second-order valence-electron chi connectivity index (χ2n) is 6.71. The number of rotatable bonds is 3. The van der Waals surface area contributed by atoms with Gasteiger partial charge in [-0.25, -0.2) is 4.68 Å². The molecule has 1 aliphatic rings. The molecule has 2 aromatic carbocycles. The maximum absolute atomic E-state index is 13.0. The van der Waals surface area contributed by atoms with Crippen molar-refractivity contribution in [2.75, 3.05) is 11.4 Å². The molecule has 5 heteroatoms. The molecule has 2 heterocycles. The van der Waals surface area contributed by atoms with Crippen LogP contribution in [0.5, 0.6) is 0 Å². The Bertz CT molecular complexity index is 1010. The fourth-order valence-electron chi connectivity index (χ4n) is 3.49. The first-order chi connectivity index (χ1) is 13.2. The summed E-state index contributed by atoms with van der Waals surface area (Å²) in [7, 11) is 0. The Morgan fingerprint density at radius 1 is 0.926 bits per heavy atom. The molecular formula is C22H21N3O2. The van der Waals surface area contributed by atoms with Crippen LogP contribution in [0.3, 0.4) is 0 Å². The summed E-state index contributed by atoms with van der Waals surface area (Å²) in [6.07, 6.45) is 2.98. The molecule has 0 N–H and O–H groups in total. The molecule has 0 bridgehead atoms. The number of amides is 1. The summed E-state index contributed by atoms with van der Waals surface area (Å²) >= 11 is 0. The van der Waals surface area contributed by atoms with Gasteiger partial charge in [-0.3, -0.25) is 9.59 Å². The highest BCUT2D eigenvalue weighted by Crippen LogP contribution is 2.26. The predicted octanol–water partition coefficient (Wildman–Crippen LogP) is 3.28. The van der Waals surface area contributed by atoms with Crippen LogP contribution in [0, 0.1) is 0 Å². The maximum atomic E-state index is 13.0. The van der Waals surface area contributed by atoms with Gasteiger partial charge >= 0.3 is 0 Å². The molecule has 0 radical (unpaired) electrons. The Hall–Kier alpha value is -3.21. The molecule has 5 nitrogen and oxygen atoms in total. The highest BCUT2D eigenvalue weighted by atomic mass is 16.2. The van der Waals surface area contributed by atoms with Crippen LogP contribution in [0.1, 0.15) is 18.4 Å². The zero-order valence-electron chi connectivity index (χ0n) is 15.0. The lowest BCUT2D eigenvalue weighted by Gasteiger charge is -2.23. The van der Waals surface area contributed by atoms with Gasteiger partial charge in [-0.05, 0) is 37.0 Å². The molecule has 0 unspecified atom stereocenters. The summed E-state index contributed by atoms with van der Waals surface area (Å²) in [4.78, 5) is 27.1. The van der Waals surface area contributed by atoms with Crippen LogP contribution in [0.4, 0.5) is 5.69 Å². The zero-order valence-corrected chi connectivity index (χ0v) is 15.0. The van der Waals surface area contributed by atoms with Gasteiger partial charge in [0, 0.05) is 23.9 Å². The average Bonchev–Trinajstić information content (AvgIpc) is 2.93. The number of hydrogen-bond acceptors (Lipinski definition) is 3. The van der Waals surface area contributed by atoms with E-state index < -0.39 is 0 Å². The summed E-state index contributed by atoms with van der Waals surface area (Å²) in [6, 6.07) is 20.8. The summed E-state index contributed by atoms with van der Waals surface area (Å²) in [5, 5.41) is 4.41. The lowest BCUT2D eigenvalue weighted by Crippen LogP contribution is -2.38. The molecular weight excluding hydrogens is 338 g/mol. The van der Waals surface area contributed by atoms with Crippen molar-refractivity contribution in [3.8, 4) is 11.3 Å². The molecule has 0 spiro atoms. The van der Waals surface area contributed by atoms with Crippen molar-refractivity contribution in [2.24, 2.45) is 0 Å². The number of hydrogen-bond donors (Lipinski definition) is 0. The lowest BCUT2D eigenvalue weighted by atomic mass is 10.1. The second kappa shape index (κ2) is 7.58. The van der Waals surface area contributed by atoms with Crippen LogP contribution in [0.15, 0.2) is 71.5 Å². The number of aromatic nitrogens is 2. The number of benzene rings is 2. The van der Waals surface area contributed by atoms with Crippen molar-refractivity contribution in [3.63, 3.8) is 0 Å². The number of aryl methyl sites for hydroxylation is 1. The van der Waals surface area contributed by atoms with Crippen molar-refractivity contribution in [2.45, 2.75) is 25.8 Å². The molecule has 136 valence electrons. The van der Waals surface area contributed by atoms with Gasteiger partial charge in [0.05, 0.1) is 5.69 Å². The Labute approximate surface area is 157 Å². The normalized spacial score (nSPS) is 13.7. The number of anilines is 1. The van der Waals surface area contributed by atoms with Crippen LogP contribution in [-0.2, 0) is 17.8 Å². The maximum Gasteiger partial charge on any atom is 0.267 e. The first kappa shape index (κ1) is 17.2. The molecule has 27 heavy (non-hydrogen) atoms. The minimum absolute atomic E-state index is 0.0617. The molecule has 0 saturated heterocycles. The van der Waals surface area contributed by atoms with Crippen molar-refractivity contribution in [1.82, 2.24) is 9.78 Å². The van der Waals surface area contributed by atoms with Gasteiger partial charge in [0.2, 0.25) is 5.91 Å². The molecule has 1 aromatic heterocycles. The van der Waals surface area contributed by atoms with E-state index in [0.29, 0.717) is 12.2 Å². The minimum Gasteiger partial charge on any atom is -0.311 e. The third-order valence-corrected chi connectivity index (χ3v) is 4.88. The van der Waals surface area contributed by atoms with Crippen LogP contribution in [0.2, 0.25) is 0 Å². The van der Waals surface area contributed by atoms with Crippen molar-refractivity contribution >= 4 is 11.6 Å². The van der Waals surface area contributed by atoms with Gasteiger partial charge in [-0.1, -0.05) is 48.5 Å². The molecule has 0 saturated carbocycles. The molecule has 4 rings (SSSR count). The van der Waals surface area contributed by atoms with Crippen LogP contribution >= 0.6 is 0 Å². The topological polar surface area (TPSA) is 55.2 Å². The molecule has 1 amide bonds. The number of fused-ring (bicyclic) bond motifs is 1. The summed E-state index contributed by atoms with van der Waals surface area (Å²) in [5.74, 6) is -0.107. The number of carbonyl (C=O) groups excluding carboxylic acids is 1. The third-order valence-electron chi connectivity index (χ3n) is 4.88.